The number of rotatable bonds is 4. The molecule has 0 aromatic rings. The van der Waals surface area contributed by atoms with E-state index in [1.54, 1.807) is 0 Å². The van der Waals surface area contributed by atoms with Gasteiger partial charge in [-0.25, -0.2) is 0 Å². The molecule has 138 valence electrons. The Kier molecular flexibility index (Phi) is 9.44. The van der Waals surface area contributed by atoms with Crippen molar-refractivity contribution < 1.29 is 4.79 Å². The minimum absolute atomic E-state index is 0. The molecule has 2 fully saturated rings. The number of piperidine rings is 1. The van der Waals surface area contributed by atoms with Gasteiger partial charge in [-0.3, -0.25) is 4.79 Å². The van der Waals surface area contributed by atoms with Crippen LogP contribution >= 0.6 is 24.8 Å². The highest BCUT2D eigenvalue weighted by atomic mass is 35.5. The molecule has 2 aliphatic rings. The van der Waals surface area contributed by atoms with Crippen molar-refractivity contribution >= 4 is 30.7 Å². The van der Waals surface area contributed by atoms with Crippen LogP contribution < -0.4 is 10.6 Å². The van der Waals surface area contributed by atoms with E-state index >= 15 is 0 Å². The van der Waals surface area contributed by atoms with E-state index in [0.29, 0.717) is 0 Å². The van der Waals surface area contributed by atoms with Crippen molar-refractivity contribution in [3.63, 3.8) is 0 Å². The second-order valence-corrected chi connectivity index (χ2v) is 7.72. The standard InChI is InChI=1S/C17H33N3O.2ClH/c1-14-8-7-10-17(12-14,20(3)4)13-18-15(21)16(2)9-5-6-11-19-16;;/h14,19H,5-13H2,1-4H3,(H,18,21);2*1H. The van der Waals surface area contributed by atoms with Crippen molar-refractivity contribution in [3.05, 3.63) is 0 Å². The normalized spacial score (nSPS) is 34.2. The number of amides is 1. The number of carbonyl (C=O) groups excluding carboxylic acids is 1. The predicted molar refractivity (Wildman–Crippen MR) is 102 cm³/mol. The number of nitrogens with one attached hydrogen (secondary N) is 2. The van der Waals surface area contributed by atoms with Crippen molar-refractivity contribution in [1.29, 1.82) is 0 Å². The van der Waals surface area contributed by atoms with E-state index in [4.69, 9.17) is 0 Å². The van der Waals surface area contributed by atoms with E-state index in [0.717, 1.165) is 31.8 Å². The lowest BCUT2D eigenvalue weighted by molar-refractivity contribution is -0.128. The summed E-state index contributed by atoms with van der Waals surface area (Å²) in [6.07, 6.45) is 8.24. The minimum Gasteiger partial charge on any atom is -0.353 e. The molecular weight excluding hydrogens is 333 g/mol. The highest BCUT2D eigenvalue weighted by Crippen LogP contribution is 2.35. The zero-order valence-corrected chi connectivity index (χ0v) is 16.7. The fourth-order valence-corrected chi connectivity index (χ4v) is 4.05. The average molecular weight is 368 g/mol. The van der Waals surface area contributed by atoms with Crippen LogP contribution in [0.5, 0.6) is 0 Å². The summed E-state index contributed by atoms with van der Waals surface area (Å²) in [5.41, 5.74) is -0.232. The third kappa shape index (κ3) is 5.48. The van der Waals surface area contributed by atoms with Gasteiger partial charge in [-0.15, -0.1) is 24.8 Å². The molecule has 4 nitrogen and oxygen atoms in total. The third-order valence-electron chi connectivity index (χ3n) is 5.71. The van der Waals surface area contributed by atoms with E-state index in [1.165, 1.54) is 32.1 Å². The lowest BCUT2D eigenvalue weighted by Gasteiger charge is -2.46. The highest BCUT2D eigenvalue weighted by Gasteiger charge is 2.39. The summed E-state index contributed by atoms with van der Waals surface area (Å²) >= 11 is 0. The van der Waals surface area contributed by atoms with Gasteiger partial charge in [0.05, 0.1) is 5.54 Å². The van der Waals surface area contributed by atoms with Gasteiger partial charge in [0.2, 0.25) is 5.91 Å². The molecule has 3 atom stereocenters. The van der Waals surface area contributed by atoms with E-state index in [1.807, 2.05) is 6.92 Å². The Bertz CT molecular complexity index is 373. The molecule has 6 heteroatoms. The Morgan fingerprint density at radius 3 is 2.43 bits per heavy atom. The molecule has 1 amide bonds. The lowest BCUT2D eigenvalue weighted by Crippen LogP contribution is -2.61. The summed E-state index contributed by atoms with van der Waals surface area (Å²) in [7, 11) is 4.32. The van der Waals surface area contributed by atoms with Gasteiger partial charge in [0, 0.05) is 12.1 Å². The van der Waals surface area contributed by atoms with Crippen LogP contribution in [0.2, 0.25) is 0 Å². The molecule has 2 rings (SSSR count). The molecule has 0 spiro atoms. The smallest absolute Gasteiger partial charge is 0.240 e. The largest absolute Gasteiger partial charge is 0.353 e. The third-order valence-corrected chi connectivity index (χ3v) is 5.71. The molecule has 0 aromatic heterocycles. The van der Waals surface area contributed by atoms with Crippen LogP contribution in [0.1, 0.15) is 58.8 Å². The maximum atomic E-state index is 12.6. The summed E-state index contributed by atoms with van der Waals surface area (Å²) in [4.78, 5) is 14.9. The van der Waals surface area contributed by atoms with Crippen LogP contribution in [0.15, 0.2) is 0 Å². The van der Waals surface area contributed by atoms with Crippen molar-refractivity contribution in [2.75, 3.05) is 27.2 Å². The van der Waals surface area contributed by atoms with E-state index in [-0.39, 0.29) is 41.8 Å². The van der Waals surface area contributed by atoms with Gasteiger partial charge >= 0.3 is 0 Å². The summed E-state index contributed by atoms with van der Waals surface area (Å²) < 4.78 is 0. The highest BCUT2D eigenvalue weighted by molar-refractivity contribution is 5.86. The Morgan fingerprint density at radius 1 is 1.22 bits per heavy atom. The number of carbonyl (C=O) groups is 1. The SMILES string of the molecule is CC1CCCC(CNC(=O)C2(C)CCCCN2)(N(C)C)C1.Cl.Cl. The minimum atomic E-state index is -0.369. The van der Waals surface area contributed by atoms with Crippen molar-refractivity contribution in [1.82, 2.24) is 15.5 Å². The summed E-state index contributed by atoms with van der Waals surface area (Å²) in [6.45, 7) is 6.12. The van der Waals surface area contributed by atoms with Crippen LogP contribution in [0.25, 0.3) is 0 Å². The van der Waals surface area contributed by atoms with Gasteiger partial charge in [-0.05, 0) is 65.6 Å². The van der Waals surface area contributed by atoms with Crippen LogP contribution in [0, 0.1) is 5.92 Å². The zero-order chi connectivity index (χ0) is 15.5. The lowest BCUT2D eigenvalue weighted by atomic mass is 9.75. The first kappa shape index (κ1) is 23.0. The van der Waals surface area contributed by atoms with Crippen molar-refractivity contribution in [2.24, 2.45) is 5.92 Å². The second kappa shape index (κ2) is 9.45. The number of likely N-dealkylation sites (N-methyl/N-ethyl adjacent to an activating group) is 1. The van der Waals surface area contributed by atoms with Gasteiger partial charge in [-0.2, -0.15) is 0 Å². The van der Waals surface area contributed by atoms with Crippen LogP contribution in [-0.2, 0) is 4.79 Å². The zero-order valence-electron chi connectivity index (χ0n) is 15.1. The fourth-order valence-electron chi connectivity index (χ4n) is 4.05. The first-order valence-corrected chi connectivity index (χ1v) is 8.59. The van der Waals surface area contributed by atoms with Gasteiger partial charge < -0.3 is 15.5 Å². The second-order valence-electron chi connectivity index (χ2n) is 7.72. The summed E-state index contributed by atoms with van der Waals surface area (Å²) in [6, 6.07) is 0. The average Bonchev–Trinajstić information content (AvgIpc) is 2.45. The van der Waals surface area contributed by atoms with Crippen molar-refractivity contribution in [2.45, 2.75) is 69.9 Å². The number of nitrogens with zero attached hydrogens (tertiary/aromatic N) is 1. The Balaban J connectivity index is 0.00000242. The molecule has 1 heterocycles. The quantitative estimate of drug-likeness (QED) is 0.802. The summed E-state index contributed by atoms with van der Waals surface area (Å²) in [5.74, 6) is 0.933. The number of hydrogen-bond donors (Lipinski definition) is 2. The van der Waals surface area contributed by atoms with Crippen molar-refractivity contribution in [3.8, 4) is 0 Å². The van der Waals surface area contributed by atoms with E-state index < -0.39 is 0 Å². The number of halogens is 2. The maximum absolute atomic E-state index is 12.6. The topological polar surface area (TPSA) is 44.4 Å². The first-order valence-electron chi connectivity index (χ1n) is 8.59. The molecule has 1 saturated carbocycles. The molecule has 0 radical (unpaired) electrons. The fraction of sp³-hybridized carbons (Fsp3) is 0.941. The molecule has 1 aliphatic carbocycles. The molecule has 23 heavy (non-hydrogen) atoms. The van der Waals surface area contributed by atoms with E-state index in [9.17, 15) is 4.79 Å². The monoisotopic (exact) mass is 367 g/mol. The van der Waals surface area contributed by atoms with Crippen LogP contribution in [0.4, 0.5) is 0 Å². The number of hydrogen-bond acceptors (Lipinski definition) is 3. The molecular formula is C17H35Cl2N3O. The molecule has 2 N–H and O–H groups in total. The Morgan fingerprint density at radius 2 is 1.91 bits per heavy atom. The molecule has 0 aromatic carbocycles. The van der Waals surface area contributed by atoms with E-state index in [2.05, 4.69) is 36.6 Å². The Labute approximate surface area is 154 Å². The predicted octanol–water partition coefficient (Wildman–Crippen LogP) is 2.99. The molecule has 0 bridgehead atoms. The first-order chi connectivity index (χ1) is 9.88. The molecule has 1 saturated heterocycles. The molecule has 1 aliphatic heterocycles. The van der Waals surface area contributed by atoms with Gasteiger partial charge in [-0.1, -0.05) is 19.8 Å². The van der Waals surface area contributed by atoms with Gasteiger partial charge in [0.1, 0.15) is 0 Å². The molecule has 3 unspecified atom stereocenters. The van der Waals surface area contributed by atoms with Gasteiger partial charge in [0.15, 0.2) is 0 Å². The summed E-state index contributed by atoms with van der Waals surface area (Å²) in [5, 5.41) is 6.67. The van der Waals surface area contributed by atoms with Crippen LogP contribution in [-0.4, -0.2) is 49.1 Å². The van der Waals surface area contributed by atoms with Gasteiger partial charge in [0.25, 0.3) is 0 Å². The van der Waals surface area contributed by atoms with Crippen LogP contribution in [0.3, 0.4) is 0 Å². The Hall–Kier alpha value is -0.0300. The maximum Gasteiger partial charge on any atom is 0.240 e.